The Morgan fingerprint density at radius 3 is 2.55 bits per heavy atom. The number of halogens is 3. The molecule has 0 aliphatic heterocycles. The average Bonchev–Trinajstić information content (AvgIpc) is 3.57. The van der Waals surface area contributed by atoms with Crippen LogP contribution >= 0.6 is 0 Å². The highest BCUT2D eigenvalue weighted by Crippen LogP contribution is 2.33. The molecule has 1 amide bonds. The summed E-state index contributed by atoms with van der Waals surface area (Å²) >= 11 is 0. The molecule has 2 heterocycles. The predicted molar refractivity (Wildman–Crippen MR) is 139 cm³/mol. The fraction of sp³-hybridized carbons (Fsp3) is 0.538. The lowest BCUT2D eigenvalue weighted by atomic mass is 9.92. The van der Waals surface area contributed by atoms with E-state index >= 15 is 0 Å². The zero-order valence-corrected chi connectivity index (χ0v) is 21.1. The van der Waals surface area contributed by atoms with Crippen LogP contribution in [0.5, 0.6) is 0 Å². The molecule has 38 heavy (non-hydrogen) atoms. The topological polar surface area (TPSA) is 123 Å². The molecule has 2 aliphatic rings. The molecule has 5 N–H and O–H groups in total. The molecule has 2 saturated carbocycles. The number of imidazole rings is 1. The number of aromatic nitrogens is 4. The van der Waals surface area contributed by atoms with Crippen molar-refractivity contribution in [2.75, 3.05) is 23.7 Å². The number of benzene rings is 1. The molecular formula is C26H33F3N8O. The number of alkyl halides is 3. The van der Waals surface area contributed by atoms with E-state index in [0.29, 0.717) is 29.9 Å². The highest BCUT2D eigenvalue weighted by atomic mass is 19.4. The molecule has 9 nitrogen and oxygen atoms in total. The Bertz CT molecular complexity index is 1260. The number of nitrogens with zero attached hydrogens (tertiary/aromatic N) is 4. The Labute approximate surface area is 218 Å². The molecule has 0 spiro atoms. The lowest BCUT2D eigenvalue weighted by Gasteiger charge is -2.27. The molecule has 0 bridgehead atoms. The van der Waals surface area contributed by atoms with Crippen molar-refractivity contribution in [1.82, 2.24) is 24.8 Å². The quantitative estimate of drug-likeness (QED) is 0.317. The summed E-state index contributed by atoms with van der Waals surface area (Å²) in [5, 5.41) is 9.37. The Morgan fingerprint density at radius 1 is 1.05 bits per heavy atom. The third-order valence-corrected chi connectivity index (χ3v) is 7.40. The fourth-order valence-electron chi connectivity index (χ4n) is 5.30. The van der Waals surface area contributed by atoms with E-state index in [1.807, 2.05) is 6.33 Å². The van der Waals surface area contributed by atoms with Crippen LogP contribution in [-0.2, 0) is 6.18 Å². The number of carbonyl (C=O) groups is 1. The summed E-state index contributed by atoms with van der Waals surface area (Å²) in [6, 6.07) is 5.22. The summed E-state index contributed by atoms with van der Waals surface area (Å²) in [5.74, 6) is 0.498. The first-order valence-electron chi connectivity index (χ1n) is 13.2. The monoisotopic (exact) mass is 530 g/mol. The molecule has 3 aromatic rings. The van der Waals surface area contributed by atoms with Gasteiger partial charge in [0, 0.05) is 36.8 Å². The van der Waals surface area contributed by atoms with Crippen LogP contribution in [0.3, 0.4) is 0 Å². The lowest BCUT2D eigenvalue weighted by molar-refractivity contribution is -0.137. The smallest absolute Gasteiger partial charge is 0.366 e. The van der Waals surface area contributed by atoms with Gasteiger partial charge in [-0.1, -0.05) is 18.9 Å². The largest absolute Gasteiger partial charge is 0.416 e. The minimum atomic E-state index is -4.51. The molecule has 1 aromatic carbocycles. The standard InChI is InChI=1S/C26H33F3N8O/c27-26(28,29)17-5-3-4-16(14-17)24(38)32-13-12-31-22-21-23(37(15-33-21)20-6-1-2-7-20)36-25(35-22)34-19-10-8-18(30)9-11-19/h3-5,14-15,18-20H,1-2,6-13,30H2,(H,32,38)(H2,31,34,35,36)/t18-,19-. The first-order valence-corrected chi connectivity index (χ1v) is 13.2. The van der Waals surface area contributed by atoms with Crippen molar-refractivity contribution in [1.29, 1.82) is 0 Å². The highest BCUT2D eigenvalue weighted by molar-refractivity contribution is 5.94. The molecule has 0 radical (unpaired) electrons. The first kappa shape index (κ1) is 26.2. The summed E-state index contributed by atoms with van der Waals surface area (Å²) in [4.78, 5) is 26.5. The highest BCUT2D eigenvalue weighted by Gasteiger charge is 2.31. The number of nitrogens with one attached hydrogen (secondary N) is 3. The second-order valence-electron chi connectivity index (χ2n) is 10.2. The molecule has 0 unspecified atom stereocenters. The zero-order valence-electron chi connectivity index (χ0n) is 21.1. The van der Waals surface area contributed by atoms with Crippen LogP contribution in [0, 0.1) is 0 Å². The normalized spacial score (nSPS) is 20.5. The first-order chi connectivity index (χ1) is 18.3. The van der Waals surface area contributed by atoms with Crippen molar-refractivity contribution in [2.24, 2.45) is 5.73 Å². The average molecular weight is 531 g/mol. The number of hydrogen-bond donors (Lipinski definition) is 4. The summed E-state index contributed by atoms with van der Waals surface area (Å²) in [6.07, 6.45) is 5.66. The molecule has 2 aliphatic carbocycles. The maximum atomic E-state index is 13.0. The third-order valence-electron chi connectivity index (χ3n) is 7.40. The van der Waals surface area contributed by atoms with Gasteiger partial charge in [0.25, 0.3) is 5.91 Å². The Balaban J connectivity index is 1.28. The van der Waals surface area contributed by atoms with E-state index in [-0.39, 0.29) is 24.2 Å². The number of carbonyl (C=O) groups excluding carboxylic acids is 1. The van der Waals surface area contributed by atoms with Gasteiger partial charge in [-0.25, -0.2) is 4.98 Å². The third kappa shape index (κ3) is 6.01. The Morgan fingerprint density at radius 2 is 1.82 bits per heavy atom. The molecular weight excluding hydrogens is 497 g/mol. The van der Waals surface area contributed by atoms with Crippen molar-refractivity contribution in [3.63, 3.8) is 0 Å². The van der Waals surface area contributed by atoms with E-state index in [2.05, 4.69) is 30.5 Å². The van der Waals surface area contributed by atoms with Crippen LogP contribution in [-0.4, -0.2) is 50.6 Å². The molecule has 2 fully saturated rings. The van der Waals surface area contributed by atoms with Gasteiger partial charge < -0.3 is 26.3 Å². The maximum absolute atomic E-state index is 13.0. The Hall–Kier alpha value is -3.41. The number of hydrogen-bond acceptors (Lipinski definition) is 7. The van der Waals surface area contributed by atoms with E-state index in [9.17, 15) is 18.0 Å². The van der Waals surface area contributed by atoms with Crippen molar-refractivity contribution < 1.29 is 18.0 Å². The lowest BCUT2D eigenvalue weighted by Crippen LogP contribution is -2.33. The minimum absolute atomic E-state index is 0.0433. The van der Waals surface area contributed by atoms with Gasteiger partial charge in [-0.2, -0.15) is 23.1 Å². The van der Waals surface area contributed by atoms with Crippen molar-refractivity contribution in [3.8, 4) is 0 Å². The van der Waals surface area contributed by atoms with Crippen molar-refractivity contribution in [3.05, 3.63) is 41.7 Å². The molecule has 0 saturated heterocycles. The van der Waals surface area contributed by atoms with E-state index in [4.69, 9.17) is 10.7 Å². The van der Waals surface area contributed by atoms with E-state index < -0.39 is 17.6 Å². The molecule has 2 aromatic heterocycles. The summed E-state index contributed by atoms with van der Waals surface area (Å²) in [7, 11) is 0. The number of rotatable bonds is 8. The summed E-state index contributed by atoms with van der Waals surface area (Å²) in [6.45, 7) is 0.498. The second kappa shape index (κ2) is 11.1. The molecule has 0 atom stereocenters. The van der Waals surface area contributed by atoms with Crippen LogP contribution in [0.2, 0.25) is 0 Å². The van der Waals surface area contributed by atoms with E-state index in [1.165, 1.54) is 25.0 Å². The van der Waals surface area contributed by atoms with Gasteiger partial charge in [-0.3, -0.25) is 4.79 Å². The summed E-state index contributed by atoms with van der Waals surface area (Å²) in [5.41, 5.74) is 6.57. The van der Waals surface area contributed by atoms with Crippen LogP contribution in [0.1, 0.15) is 73.3 Å². The zero-order chi connectivity index (χ0) is 26.7. The van der Waals surface area contributed by atoms with Crippen LogP contribution in [0.4, 0.5) is 24.9 Å². The van der Waals surface area contributed by atoms with Gasteiger partial charge in [0.05, 0.1) is 11.9 Å². The van der Waals surface area contributed by atoms with Crippen molar-refractivity contribution in [2.45, 2.75) is 75.7 Å². The number of amides is 1. The van der Waals surface area contributed by atoms with Crippen LogP contribution in [0.25, 0.3) is 11.2 Å². The maximum Gasteiger partial charge on any atom is 0.416 e. The van der Waals surface area contributed by atoms with Gasteiger partial charge in [-0.15, -0.1) is 0 Å². The van der Waals surface area contributed by atoms with E-state index in [1.54, 1.807) is 0 Å². The number of anilines is 2. The van der Waals surface area contributed by atoms with Crippen molar-refractivity contribution >= 4 is 28.8 Å². The SMILES string of the molecule is N[C@H]1CC[C@H](Nc2nc(NCCNC(=O)c3cccc(C(F)(F)F)c3)c3ncn(C4CCCC4)c3n2)CC1. The summed E-state index contributed by atoms with van der Waals surface area (Å²) < 4.78 is 41.1. The van der Waals surface area contributed by atoms with Crippen LogP contribution in [0.15, 0.2) is 30.6 Å². The van der Waals surface area contributed by atoms with Crippen LogP contribution < -0.4 is 21.7 Å². The van der Waals surface area contributed by atoms with Gasteiger partial charge in [-0.05, 0) is 56.7 Å². The number of nitrogens with two attached hydrogens (primary N) is 1. The fourth-order valence-corrected chi connectivity index (χ4v) is 5.30. The second-order valence-corrected chi connectivity index (χ2v) is 10.2. The molecule has 5 rings (SSSR count). The number of fused-ring (bicyclic) bond motifs is 1. The molecule has 204 valence electrons. The van der Waals surface area contributed by atoms with E-state index in [0.717, 1.165) is 56.3 Å². The molecule has 12 heteroatoms. The van der Waals surface area contributed by atoms with Gasteiger partial charge in [0.1, 0.15) is 0 Å². The van der Waals surface area contributed by atoms with Gasteiger partial charge in [0.2, 0.25) is 5.95 Å². The minimum Gasteiger partial charge on any atom is -0.366 e. The Kier molecular flexibility index (Phi) is 7.68. The van der Waals surface area contributed by atoms with Gasteiger partial charge in [0.15, 0.2) is 17.0 Å². The predicted octanol–water partition coefficient (Wildman–Crippen LogP) is 4.48. The van der Waals surface area contributed by atoms with Gasteiger partial charge >= 0.3 is 6.18 Å².